The average molecular weight is 828 g/mol. The molecule has 0 aliphatic carbocycles. The third kappa shape index (κ3) is 7.81. The summed E-state index contributed by atoms with van der Waals surface area (Å²) in [7, 11) is 0. The van der Waals surface area contributed by atoms with E-state index in [9.17, 15) is 39.6 Å². The van der Waals surface area contributed by atoms with E-state index in [-0.39, 0.29) is 43.2 Å². The Morgan fingerprint density at radius 3 is 2.55 bits per heavy atom. The number of aromatic nitrogens is 2. The predicted octanol–water partition coefficient (Wildman–Crippen LogP) is 3.79. The van der Waals surface area contributed by atoms with Crippen LogP contribution in [-0.2, 0) is 55.4 Å². The first-order valence-corrected chi connectivity index (χ1v) is 19.9. The lowest BCUT2D eigenvalue weighted by Crippen LogP contribution is -2.61. The predicted molar refractivity (Wildman–Crippen MR) is 218 cm³/mol. The smallest absolute Gasteiger partial charge is 0.411 e. The quantitative estimate of drug-likeness (QED) is 0.0892. The molecule has 2 aromatic carbocycles. The van der Waals surface area contributed by atoms with Gasteiger partial charge in [0.15, 0.2) is 6.10 Å². The monoisotopic (exact) mass is 827 g/mol. The Hall–Kier alpha value is -5.85. The molecule has 3 aliphatic rings. The van der Waals surface area contributed by atoms with Crippen LogP contribution in [-0.4, -0.2) is 85.2 Å². The van der Waals surface area contributed by atoms with E-state index < -0.39 is 54.1 Å². The van der Waals surface area contributed by atoms with Gasteiger partial charge in [0.05, 0.1) is 40.5 Å². The molecule has 0 radical (unpaired) electrons. The Morgan fingerprint density at radius 2 is 1.83 bits per heavy atom. The molecule has 17 heteroatoms. The van der Waals surface area contributed by atoms with Crippen molar-refractivity contribution in [1.82, 2.24) is 9.55 Å². The van der Waals surface area contributed by atoms with E-state index in [0.717, 1.165) is 59.1 Å². The minimum atomic E-state index is -1.92. The van der Waals surface area contributed by atoms with Gasteiger partial charge < -0.3 is 55.0 Å². The highest BCUT2D eigenvalue weighted by molar-refractivity contribution is 5.94. The number of hydrogen-bond donors (Lipinski definition) is 7. The zero-order valence-electron chi connectivity index (χ0n) is 33.5. The molecule has 8 N–H and O–H groups in total. The highest BCUT2D eigenvalue weighted by Crippen LogP contribution is 2.44. The summed E-state index contributed by atoms with van der Waals surface area (Å²) in [5.41, 5.74) is 11.7. The molecule has 0 bridgehead atoms. The summed E-state index contributed by atoms with van der Waals surface area (Å²) in [5, 5.41) is 46.4. The molecule has 0 saturated carbocycles. The number of carbonyl (C=O) groups excluding carboxylic acids is 2. The summed E-state index contributed by atoms with van der Waals surface area (Å²) >= 11 is 0. The van der Waals surface area contributed by atoms with Crippen LogP contribution in [0.4, 0.5) is 16.2 Å². The maximum absolute atomic E-state index is 14.0. The van der Waals surface area contributed by atoms with Gasteiger partial charge in [0.2, 0.25) is 12.2 Å². The van der Waals surface area contributed by atoms with Gasteiger partial charge in [-0.2, -0.15) is 0 Å². The number of allylic oxidation sites excluding steroid dienone is 1. The minimum absolute atomic E-state index is 0.0355. The molecule has 17 nitrogen and oxygen atoms in total. The lowest BCUT2D eigenvalue weighted by Gasteiger charge is -2.38. The molecule has 318 valence electrons. The molecule has 1 saturated heterocycles. The maximum Gasteiger partial charge on any atom is 0.411 e. The van der Waals surface area contributed by atoms with Gasteiger partial charge in [-0.3, -0.25) is 14.9 Å². The molecule has 0 spiro atoms. The summed E-state index contributed by atoms with van der Waals surface area (Å²) in [5.74, 6) is -1.52. The first-order valence-electron chi connectivity index (χ1n) is 19.9. The highest BCUT2D eigenvalue weighted by Gasteiger charge is 2.48. The minimum Gasteiger partial charge on any atom is -0.493 e. The van der Waals surface area contributed by atoms with E-state index >= 15 is 0 Å². The van der Waals surface area contributed by atoms with Crippen LogP contribution in [0.25, 0.3) is 22.3 Å². The number of aliphatic hydroxyl groups excluding tert-OH is 3. The topological polar surface area (TPSA) is 254 Å². The van der Waals surface area contributed by atoms with Crippen molar-refractivity contribution in [3.8, 4) is 17.1 Å². The van der Waals surface area contributed by atoms with Gasteiger partial charge in [0.25, 0.3) is 5.56 Å². The second kappa shape index (κ2) is 17.0. The molecular weight excluding hydrogens is 778 g/mol. The summed E-state index contributed by atoms with van der Waals surface area (Å²) in [6.45, 7) is 10.7. The first kappa shape index (κ1) is 42.3. The number of carboxylic acid groups (broad SMARTS) is 1. The third-order valence-corrected chi connectivity index (χ3v) is 11.6. The van der Waals surface area contributed by atoms with Crippen molar-refractivity contribution >= 4 is 40.2 Å². The number of aryl methyl sites for hydroxylation is 1. The van der Waals surface area contributed by atoms with E-state index in [2.05, 4.69) is 44.1 Å². The Morgan fingerprint density at radius 1 is 1.05 bits per heavy atom. The van der Waals surface area contributed by atoms with E-state index in [1.165, 1.54) is 18.2 Å². The number of aliphatic carboxylic acids is 1. The fourth-order valence-electron chi connectivity index (χ4n) is 7.94. The van der Waals surface area contributed by atoms with Crippen molar-refractivity contribution in [2.24, 2.45) is 5.73 Å². The number of nitrogens with one attached hydrogen (secondary N) is 2. The Bertz CT molecular complexity index is 2430. The molecule has 3 unspecified atom stereocenters. The molecule has 6 atom stereocenters. The number of ether oxygens (including phenoxy) is 4. The van der Waals surface area contributed by atoms with Gasteiger partial charge in [0.1, 0.15) is 37.3 Å². The Kier molecular flexibility index (Phi) is 12.0. The number of carboxylic acids is 1. The molecule has 4 aromatic rings. The second-order valence-electron chi connectivity index (χ2n) is 15.4. The van der Waals surface area contributed by atoms with E-state index in [1.807, 2.05) is 12.1 Å². The van der Waals surface area contributed by atoms with E-state index in [4.69, 9.17) is 29.7 Å². The van der Waals surface area contributed by atoms with Crippen LogP contribution in [0.5, 0.6) is 5.75 Å². The number of anilines is 2. The van der Waals surface area contributed by atoms with Crippen molar-refractivity contribution in [3.05, 3.63) is 93.0 Å². The highest BCUT2D eigenvalue weighted by atomic mass is 16.7. The van der Waals surface area contributed by atoms with Crippen LogP contribution in [0, 0.1) is 0 Å². The number of nitrogens with zero attached hydrogens (tertiary/aromatic N) is 2. The van der Waals surface area contributed by atoms with Gasteiger partial charge in [-0.05, 0) is 79.3 Å². The SMILES string of the molecule is C=C1OCc2c(cc3n(c2=O)Cc2c-3nc3ccc(NC(=O)OCc4ccc(OC5OC(C(=O)O)[C@@H](O)C(O)[C@H]5O)c(NC(=O)CCN)c4)cc3c2CCCC)[C@@]1(C)CC. The van der Waals surface area contributed by atoms with Gasteiger partial charge >= 0.3 is 12.1 Å². The Labute approximate surface area is 344 Å². The third-order valence-electron chi connectivity index (χ3n) is 11.6. The zero-order valence-corrected chi connectivity index (χ0v) is 33.5. The Balaban J connectivity index is 1.11. The van der Waals surface area contributed by atoms with Crippen LogP contribution >= 0.6 is 0 Å². The second-order valence-corrected chi connectivity index (χ2v) is 15.4. The molecule has 5 heterocycles. The summed E-state index contributed by atoms with van der Waals surface area (Å²) < 4.78 is 24.1. The van der Waals surface area contributed by atoms with Gasteiger partial charge in [-0.25, -0.2) is 14.6 Å². The number of amides is 2. The summed E-state index contributed by atoms with van der Waals surface area (Å²) in [6.07, 6.45) is -6.84. The molecule has 7 rings (SSSR count). The fourth-order valence-corrected chi connectivity index (χ4v) is 7.94. The average Bonchev–Trinajstić information content (AvgIpc) is 3.59. The fraction of sp³-hybridized carbons (Fsp3) is 0.419. The van der Waals surface area contributed by atoms with Crippen molar-refractivity contribution in [2.45, 2.75) is 109 Å². The van der Waals surface area contributed by atoms with Crippen molar-refractivity contribution < 1.29 is 53.8 Å². The summed E-state index contributed by atoms with van der Waals surface area (Å²) in [4.78, 5) is 56.4. The van der Waals surface area contributed by atoms with Gasteiger partial charge in [-0.1, -0.05) is 32.9 Å². The van der Waals surface area contributed by atoms with Crippen LogP contribution < -0.4 is 26.7 Å². The zero-order chi connectivity index (χ0) is 43.0. The van der Waals surface area contributed by atoms with E-state index in [1.54, 1.807) is 10.6 Å². The molecule has 2 amide bonds. The summed E-state index contributed by atoms with van der Waals surface area (Å²) in [6, 6.07) is 11.8. The number of benzene rings is 2. The number of rotatable bonds is 13. The lowest BCUT2D eigenvalue weighted by atomic mass is 9.75. The molecule has 1 fully saturated rings. The van der Waals surface area contributed by atoms with Crippen LogP contribution in [0.2, 0.25) is 0 Å². The van der Waals surface area contributed by atoms with Crippen LogP contribution in [0.15, 0.2) is 59.6 Å². The van der Waals surface area contributed by atoms with Gasteiger partial charge in [-0.15, -0.1) is 0 Å². The van der Waals surface area contributed by atoms with Gasteiger partial charge in [0, 0.05) is 35.0 Å². The largest absolute Gasteiger partial charge is 0.493 e. The molecular formula is C43H49N5O12. The first-order chi connectivity index (χ1) is 28.7. The van der Waals surface area contributed by atoms with Crippen LogP contribution in [0.3, 0.4) is 0 Å². The number of pyridine rings is 2. The maximum atomic E-state index is 14.0. The van der Waals surface area contributed by atoms with Crippen molar-refractivity contribution in [3.63, 3.8) is 0 Å². The number of nitrogens with two attached hydrogens (primary N) is 1. The number of aliphatic hydroxyl groups is 3. The number of hydrogen-bond acceptors (Lipinski definition) is 13. The number of carbonyl (C=O) groups is 3. The van der Waals surface area contributed by atoms with Crippen molar-refractivity contribution in [1.29, 1.82) is 0 Å². The lowest BCUT2D eigenvalue weighted by molar-refractivity contribution is -0.271. The molecule has 3 aliphatic heterocycles. The molecule has 60 heavy (non-hydrogen) atoms. The van der Waals surface area contributed by atoms with E-state index in [0.29, 0.717) is 34.6 Å². The van der Waals surface area contributed by atoms with Crippen molar-refractivity contribution in [2.75, 3.05) is 17.2 Å². The molecule has 2 aromatic heterocycles. The normalized spacial score (nSPS) is 22.9. The van der Waals surface area contributed by atoms with Crippen LogP contribution in [0.1, 0.15) is 74.3 Å². The standard InChI is InChI=1S/C43H49N5O12/c1-5-7-8-24-25-16-23(10-11-29(25)47-34-26(24)18-48-31(34)17-28-27(39(48)53)20-57-21(3)43(28,4)6-2)45-42(56)58-19-22-9-12-32(30(15-22)46-33(49)13-14-44)59-41-37(52)35(50)36(51)38(60-41)40(54)55/h9-12,15-17,35-38,41,50-52H,3,5-8,13-14,18-20,44H2,1-2,4H3,(H,45,56)(H,46,49)(H,54,55)/t35?,36-,37+,38?,41?,43-/m0/s1. The number of fused-ring (bicyclic) bond motifs is 5. The number of unbranched alkanes of at least 4 members (excludes halogenated alkanes) is 1.